The second kappa shape index (κ2) is 7.70. The van der Waals surface area contributed by atoms with Crippen molar-refractivity contribution in [3.8, 4) is 12.1 Å². The summed E-state index contributed by atoms with van der Waals surface area (Å²) in [6.45, 7) is 0.850. The van der Waals surface area contributed by atoms with Crippen molar-refractivity contribution in [3.63, 3.8) is 0 Å². The van der Waals surface area contributed by atoms with Gasteiger partial charge in [0.1, 0.15) is 12.1 Å². The van der Waals surface area contributed by atoms with Gasteiger partial charge in [0.25, 0.3) is 0 Å². The van der Waals surface area contributed by atoms with E-state index in [1.165, 1.54) is 0 Å². The second-order valence-electron chi connectivity index (χ2n) is 3.65. The number of benzene rings is 1. The molecule has 19 heavy (non-hydrogen) atoms. The molecular weight excluding hydrogens is 244 g/mol. The van der Waals surface area contributed by atoms with Crippen LogP contribution in [0.4, 0.5) is 5.69 Å². The van der Waals surface area contributed by atoms with E-state index >= 15 is 0 Å². The highest BCUT2D eigenvalue weighted by Gasteiger charge is 2.09. The summed E-state index contributed by atoms with van der Waals surface area (Å²) in [6, 6.07) is 8.77. The summed E-state index contributed by atoms with van der Waals surface area (Å²) in [5, 5.41) is 23.4. The molecule has 1 amide bonds. The van der Waals surface area contributed by atoms with Crippen LogP contribution in [0.25, 0.3) is 0 Å². The Morgan fingerprint density at radius 1 is 1.32 bits per heavy atom. The fourth-order valence-corrected chi connectivity index (χ4v) is 1.45. The lowest BCUT2D eigenvalue weighted by Gasteiger charge is -2.10. The quantitative estimate of drug-likeness (QED) is 0.728. The van der Waals surface area contributed by atoms with Crippen molar-refractivity contribution >= 4 is 11.6 Å². The zero-order valence-corrected chi connectivity index (χ0v) is 10.6. The Balaban J connectivity index is 2.65. The van der Waals surface area contributed by atoms with Crippen LogP contribution in [0.1, 0.15) is 11.1 Å². The van der Waals surface area contributed by atoms with Gasteiger partial charge < -0.3 is 15.4 Å². The van der Waals surface area contributed by atoms with Crippen LogP contribution in [-0.2, 0) is 9.53 Å². The van der Waals surface area contributed by atoms with E-state index in [0.29, 0.717) is 30.0 Å². The SMILES string of the molecule is COCCNC(=O)CNc1c(C#N)cccc1C#N. The van der Waals surface area contributed by atoms with Gasteiger partial charge in [-0.3, -0.25) is 4.79 Å². The van der Waals surface area contributed by atoms with Gasteiger partial charge in [-0.15, -0.1) is 0 Å². The predicted octanol–water partition coefficient (Wildman–Crippen LogP) is 0.604. The summed E-state index contributed by atoms with van der Waals surface area (Å²) in [4.78, 5) is 11.5. The fraction of sp³-hybridized carbons (Fsp3) is 0.308. The van der Waals surface area contributed by atoms with Crippen LogP contribution in [0.3, 0.4) is 0 Å². The number of para-hydroxylation sites is 1. The van der Waals surface area contributed by atoms with E-state index < -0.39 is 0 Å². The number of rotatable bonds is 6. The summed E-state index contributed by atoms with van der Waals surface area (Å²) in [6.07, 6.45) is 0. The van der Waals surface area contributed by atoms with Crippen molar-refractivity contribution in [2.75, 3.05) is 32.1 Å². The van der Waals surface area contributed by atoms with Gasteiger partial charge in [-0.1, -0.05) is 6.07 Å². The molecule has 6 heteroatoms. The Labute approximate surface area is 111 Å². The molecule has 0 aromatic heterocycles. The third kappa shape index (κ3) is 4.30. The molecule has 0 spiro atoms. The first-order chi connectivity index (χ1) is 9.22. The van der Waals surface area contributed by atoms with Gasteiger partial charge in [-0.05, 0) is 12.1 Å². The maximum Gasteiger partial charge on any atom is 0.239 e. The molecule has 0 fully saturated rings. The highest BCUT2D eigenvalue weighted by Crippen LogP contribution is 2.19. The molecule has 0 radical (unpaired) electrons. The summed E-state index contributed by atoms with van der Waals surface area (Å²) < 4.78 is 4.81. The van der Waals surface area contributed by atoms with Crippen molar-refractivity contribution in [1.29, 1.82) is 10.5 Å². The minimum atomic E-state index is -0.228. The molecule has 1 aromatic rings. The van der Waals surface area contributed by atoms with Gasteiger partial charge in [0, 0.05) is 13.7 Å². The number of nitrogens with zero attached hydrogens (tertiary/aromatic N) is 2. The molecule has 1 rings (SSSR count). The largest absolute Gasteiger partial charge is 0.383 e. The highest BCUT2D eigenvalue weighted by atomic mass is 16.5. The lowest BCUT2D eigenvalue weighted by atomic mass is 10.1. The Bertz CT molecular complexity index is 496. The predicted molar refractivity (Wildman–Crippen MR) is 69.2 cm³/mol. The van der Waals surface area contributed by atoms with Crippen LogP contribution in [-0.4, -0.2) is 32.7 Å². The van der Waals surface area contributed by atoms with Crippen molar-refractivity contribution in [1.82, 2.24) is 5.32 Å². The van der Waals surface area contributed by atoms with Gasteiger partial charge in [-0.2, -0.15) is 10.5 Å². The summed E-state index contributed by atoms with van der Waals surface area (Å²) in [5.74, 6) is -0.228. The third-order valence-corrected chi connectivity index (χ3v) is 2.36. The average Bonchev–Trinajstić information content (AvgIpc) is 2.44. The Hall–Kier alpha value is -2.57. The maximum atomic E-state index is 11.5. The van der Waals surface area contributed by atoms with Crippen LogP contribution in [0.5, 0.6) is 0 Å². The van der Waals surface area contributed by atoms with Crippen LogP contribution in [0, 0.1) is 22.7 Å². The minimum Gasteiger partial charge on any atom is -0.383 e. The molecule has 0 unspecified atom stereocenters. The van der Waals surface area contributed by atoms with E-state index in [0.717, 1.165) is 0 Å². The first kappa shape index (κ1) is 14.5. The minimum absolute atomic E-state index is 0.00289. The molecule has 0 aliphatic rings. The van der Waals surface area contributed by atoms with E-state index in [1.807, 2.05) is 12.1 Å². The summed E-state index contributed by atoms with van der Waals surface area (Å²) in [5.41, 5.74) is 1.06. The van der Waals surface area contributed by atoms with Crippen molar-refractivity contribution < 1.29 is 9.53 Å². The van der Waals surface area contributed by atoms with Crippen LogP contribution in [0.15, 0.2) is 18.2 Å². The molecule has 98 valence electrons. The standard InChI is InChI=1S/C13H14N4O2/c1-19-6-5-16-12(18)9-17-13-10(7-14)3-2-4-11(13)8-15/h2-4,17H,5-6,9H2,1H3,(H,16,18). The molecule has 0 saturated carbocycles. The Morgan fingerprint density at radius 3 is 2.47 bits per heavy atom. The molecule has 0 heterocycles. The highest BCUT2D eigenvalue weighted by molar-refractivity contribution is 5.82. The number of methoxy groups -OCH3 is 1. The number of carbonyl (C=O) groups excluding carboxylic acids is 1. The number of ether oxygens (including phenoxy) is 1. The van der Waals surface area contributed by atoms with E-state index in [-0.39, 0.29) is 12.5 Å². The van der Waals surface area contributed by atoms with Crippen LogP contribution >= 0.6 is 0 Å². The Morgan fingerprint density at radius 2 is 1.95 bits per heavy atom. The molecule has 0 atom stereocenters. The lowest BCUT2D eigenvalue weighted by molar-refractivity contribution is -0.119. The van der Waals surface area contributed by atoms with Crippen LogP contribution in [0.2, 0.25) is 0 Å². The Kier molecular flexibility index (Phi) is 5.87. The average molecular weight is 258 g/mol. The normalized spacial score (nSPS) is 9.21. The first-order valence-electron chi connectivity index (χ1n) is 5.65. The zero-order chi connectivity index (χ0) is 14.1. The molecule has 2 N–H and O–H groups in total. The molecule has 1 aromatic carbocycles. The maximum absolute atomic E-state index is 11.5. The number of nitriles is 2. The summed E-state index contributed by atoms with van der Waals surface area (Å²) in [7, 11) is 1.55. The topological polar surface area (TPSA) is 97.9 Å². The third-order valence-electron chi connectivity index (χ3n) is 2.36. The van der Waals surface area contributed by atoms with E-state index in [2.05, 4.69) is 10.6 Å². The number of hydrogen-bond donors (Lipinski definition) is 2. The van der Waals surface area contributed by atoms with Gasteiger partial charge in [0.05, 0.1) is 30.0 Å². The van der Waals surface area contributed by atoms with Crippen molar-refractivity contribution in [2.24, 2.45) is 0 Å². The smallest absolute Gasteiger partial charge is 0.239 e. The van der Waals surface area contributed by atoms with E-state index in [9.17, 15) is 4.79 Å². The number of anilines is 1. The van der Waals surface area contributed by atoms with Gasteiger partial charge in [0.2, 0.25) is 5.91 Å². The molecule has 0 saturated heterocycles. The van der Waals surface area contributed by atoms with Gasteiger partial charge in [0.15, 0.2) is 0 Å². The monoisotopic (exact) mass is 258 g/mol. The molecule has 6 nitrogen and oxygen atoms in total. The van der Waals surface area contributed by atoms with Crippen LogP contribution < -0.4 is 10.6 Å². The van der Waals surface area contributed by atoms with Gasteiger partial charge in [-0.25, -0.2) is 0 Å². The zero-order valence-electron chi connectivity index (χ0n) is 10.6. The summed E-state index contributed by atoms with van der Waals surface area (Å²) >= 11 is 0. The number of nitrogens with one attached hydrogen (secondary N) is 2. The van der Waals surface area contributed by atoms with Crippen molar-refractivity contribution in [2.45, 2.75) is 0 Å². The molecule has 0 aliphatic carbocycles. The van der Waals surface area contributed by atoms with E-state index in [4.69, 9.17) is 15.3 Å². The van der Waals surface area contributed by atoms with E-state index in [1.54, 1.807) is 25.3 Å². The number of carbonyl (C=O) groups is 1. The lowest BCUT2D eigenvalue weighted by Crippen LogP contribution is -2.32. The number of amides is 1. The first-order valence-corrected chi connectivity index (χ1v) is 5.65. The second-order valence-corrected chi connectivity index (χ2v) is 3.65. The molecule has 0 aliphatic heterocycles. The van der Waals surface area contributed by atoms with Crippen molar-refractivity contribution in [3.05, 3.63) is 29.3 Å². The molecular formula is C13H14N4O2. The van der Waals surface area contributed by atoms with Gasteiger partial charge >= 0.3 is 0 Å². The molecule has 0 bridgehead atoms. The number of hydrogen-bond acceptors (Lipinski definition) is 5. The fourth-order valence-electron chi connectivity index (χ4n) is 1.45.